The van der Waals surface area contributed by atoms with Crippen LogP contribution in [0.4, 0.5) is 0 Å². The second-order valence-corrected chi connectivity index (χ2v) is 10.9. The molecule has 0 amide bonds. The van der Waals surface area contributed by atoms with Crippen molar-refractivity contribution in [2.24, 2.45) is 5.92 Å². The van der Waals surface area contributed by atoms with Crippen LogP contribution in [0, 0.1) is 5.92 Å². The topological polar surface area (TPSA) is 0 Å². The monoisotopic (exact) mass is 498 g/mol. The first-order valence-corrected chi connectivity index (χ1v) is 12.5. The molecule has 2 aromatic rings. The summed E-state index contributed by atoms with van der Waals surface area (Å²) in [6.45, 7) is 0. The third-order valence-corrected chi connectivity index (χ3v) is 8.66. The third kappa shape index (κ3) is 3.25. The summed E-state index contributed by atoms with van der Waals surface area (Å²) >= 11 is 7.31. The fourth-order valence-corrected chi connectivity index (χ4v) is 7.04. The lowest BCUT2D eigenvalue weighted by atomic mass is 9.51. The van der Waals surface area contributed by atoms with Crippen LogP contribution in [-0.4, -0.2) is 0 Å². The van der Waals surface area contributed by atoms with Crippen molar-refractivity contribution in [3.8, 4) is 0 Å². The van der Waals surface area contributed by atoms with Gasteiger partial charge in [0.25, 0.3) is 0 Å². The Morgan fingerprint density at radius 2 is 1.36 bits per heavy atom. The van der Waals surface area contributed by atoms with Crippen LogP contribution in [0.15, 0.2) is 68.6 Å². The van der Waals surface area contributed by atoms with E-state index in [1.54, 1.807) is 5.56 Å². The van der Waals surface area contributed by atoms with Gasteiger partial charge in [0.2, 0.25) is 0 Å². The van der Waals surface area contributed by atoms with Gasteiger partial charge in [-0.1, -0.05) is 80.1 Å². The highest BCUT2D eigenvalue weighted by Crippen LogP contribution is 2.61. The molecule has 2 bridgehead atoms. The van der Waals surface area contributed by atoms with Crippen LogP contribution < -0.4 is 0 Å². The summed E-state index contributed by atoms with van der Waals surface area (Å²) in [5, 5.41) is 0. The lowest BCUT2D eigenvalue weighted by molar-refractivity contribution is 0.190. The van der Waals surface area contributed by atoms with Crippen molar-refractivity contribution in [2.45, 2.75) is 69.1 Å². The molecule has 146 valence electrons. The molecule has 3 aliphatic carbocycles. The number of halogens is 2. The van der Waals surface area contributed by atoms with E-state index in [0.29, 0.717) is 5.92 Å². The molecule has 0 heterocycles. The molecule has 0 N–H and O–H groups in total. The third-order valence-electron chi connectivity index (χ3n) is 7.61. The van der Waals surface area contributed by atoms with Crippen molar-refractivity contribution in [2.75, 3.05) is 0 Å². The van der Waals surface area contributed by atoms with Gasteiger partial charge >= 0.3 is 0 Å². The fourth-order valence-electron chi connectivity index (χ4n) is 6.51. The van der Waals surface area contributed by atoms with Crippen molar-refractivity contribution in [1.82, 2.24) is 0 Å². The number of fused-ring (bicyclic) bond motifs is 3. The van der Waals surface area contributed by atoms with E-state index in [2.05, 4.69) is 80.4 Å². The van der Waals surface area contributed by atoms with E-state index in [1.165, 1.54) is 72.3 Å². The smallest absolute Gasteiger partial charge is 0.0175 e. The molecule has 0 radical (unpaired) electrons. The van der Waals surface area contributed by atoms with Gasteiger partial charge in [-0.05, 0) is 86.3 Å². The molecule has 3 atom stereocenters. The summed E-state index contributed by atoms with van der Waals surface area (Å²) in [7, 11) is 0. The summed E-state index contributed by atoms with van der Waals surface area (Å²) in [6.07, 6.45) is 12.3. The van der Waals surface area contributed by atoms with E-state index in [9.17, 15) is 0 Å². The number of benzene rings is 2. The maximum absolute atomic E-state index is 3.65. The number of hydrogen-bond acceptors (Lipinski definition) is 0. The summed E-state index contributed by atoms with van der Waals surface area (Å²) in [5.41, 5.74) is 7.03. The normalized spacial score (nSPS) is 29.9. The summed E-state index contributed by atoms with van der Waals surface area (Å²) in [6, 6.07) is 18.6. The minimum atomic E-state index is 0.265. The molecule has 0 saturated heterocycles. The Kier molecular flexibility index (Phi) is 5.30. The maximum Gasteiger partial charge on any atom is 0.0175 e. The standard InChI is InChI=1S/C26H28Br2/c27-21-12-8-18(9-13-21)25-24-7-3-1-2-6-23(24)19-5-4-16-26(25,17-19)20-10-14-22(28)15-11-20/h8-15,19,25H,1-7,16-17H2. The Balaban J connectivity index is 1.72. The number of rotatable bonds is 2. The van der Waals surface area contributed by atoms with Gasteiger partial charge in [-0.25, -0.2) is 0 Å². The van der Waals surface area contributed by atoms with Gasteiger partial charge in [0.1, 0.15) is 0 Å². The summed E-state index contributed by atoms with van der Waals surface area (Å²) in [4.78, 5) is 0. The molecule has 0 nitrogen and oxygen atoms in total. The molecule has 0 aliphatic heterocycles. The molecular weight excluding hydrogens is 472 g/mol. The van der Waals surface area contributed by atoms with E-state index >= 15 is 0 Å². The van der Waals surface area contributed by atoms with E-state index < -0.39 is 0 Å². The van der Waals surface area contributed by atoms with Gasteiger partial charge in [0.15, 0.2) is 0 Å². The van der Waals surface area contributed by atoms with Crippen molar-refractivity contribution in [3.05, 3.63) is 79.7 Å². The highest BCUT2D eigenvalue weighted by atomic mass is 79.9. The quantitative estimate of drug-likeness (QED) is 0.362. The van der Waals surface area contributed by atoms with Crippen LogP contribution in [0.1, 0.15) is 74.8 Å². The Morgan fingerprint density at radius 3 is 2.07 bits per heavy atom. The van der Waals surface area contributed by atoms with Crippen LogP contribution >= 0.6 is 31.9 Å². The molecule has 0 aromatic heterocycles. The lowest BCUT2D eigenvalue weighted by Crippen LogP contribution is -2.44. The first-order valence-electron chi connectivity index (χ1n) is 10.9. The predicted octanol–water partition coefficient (Wildman–Crippen LogP) is 8.70. The number of allylic oxidation sites excluding steroid dienone is 2. The van der Waals surface area contributed by atoms with Crippen LogP contribution in [0.3, 0.4) is 0 Å². The van der Waals surface area contributed by atoms with Gasteiger partial charge in [0.05, 0.1) is 0 Å². The number of hydrogen-bond donors (Lipinski definition) is 0. The SMILES string of the molecule is Brc1ccc(C2C3=C(CCCCC3)C3CCCC2(c2ccc(Br)cc2)C3)cc1. The van der Waals surface area contributed by atoms with E-state index in [-0.39, 0.29) is 5.41 Å². The van der Waals surface area contributed by atoms with Gasteiger partial charge in [-0.2, -0.15) is 0 Å². The average molecular weight is 500 g/mol. The molecule has 1 fully saturated rings. The van der Waals surface area contributed by atoms with Crippen LogP contribution in [0.25, 0.3) is 0 Å². The average Bonchev–Trinajstić information content (AvgIpc) is 2.96. The van der Waals surface area contributed by atoms with E-state index in [1.807, 2.05) is 11.1 Å². The highest BCUT2D eigenvalue weighted by Gasteiger charge is 2.50. The second kappa shape index (κ2) is 7.76. The van der Waals surface area contributed by atoms with E-state index in [0.717, 1.165) is 5.92 Å². The van der Waals surface area contributed by atoms with Crippen LogP contribution in [0.5, 0.6) is 0 Å². The zero-order chi connectivity index (χ0) is 19.1. The van der Waals surface area contributed by atoms with Crippen molar-refractivity contribution < 1.29 is 0 Å². The first kappa shape index (κ1) is 19.1. The van der Waals surface area contributed by atoms with Gasteiger partial charge in [-0.3, -0.25) is 0 Å². The minimum absolute atomic E-state index is 0.265. The van der Waals surface area contributed by atoms with Gasteiger partial charge < -0.3 is 0 Å². The fraction of sp³-hybridized carbons (Fsp3) is 0.462. The van der Waals surface area contributed by atoms with Crippen LogP contribution in [0.2, 0.25) is 0 Å². The molecule has 3 aliphatic rings. The molecule has 2 heteroatoms. The maximum atomic E-state index is 3.65. The van der Waals surface area contributed by atoms with Crippen molar-refractivity contribution >= 4 is 31.9 Å². The summed E-state index contributed by atoms with van der Waals surface area (Å²) < 4.78 is 2.37. The Labute approximate surface area is 186 Å². The van der Waals surface area contributed by atoms with Gasteiger partial charge in [0, 0.05) is 20.3 Å². The highest BCUT2D eigenvalue weighted by molar-refractivity contribution is 9.10. The molecule has 1 saturated carbocycles. The minimum Gasteiger partial charge on any atom is -0.0672 e. The molecule has 5 rings (SSSR count). The Bertz CT molecular complexity index is 878. The van der Waals surface area contributed by atoms with E-state index in [4.69, 9.17) is 0 Å². The van der Waals surface area contributed by atoms with Crippen LogP contribution in [-0.2, 0) is 5.41 Å². The molecule has 2 aromatic carbocycles. The molecule has 0 spiro atoms. The first-order chi connectivity index (χ1) is 13.7. The largest absolute Gasteiger partial charge is 0.0672 e. The molecule has 28 heavy (non-hydrogen) atoms. The Hall–Kier alpha value is -0.860. The zero-order valence-corrected chi connectivity index (χ0v) is 19.6. The van der Waals surface area contributed by atoms with Gasteiger partial charge in [-0.15, -0.1) is 0 Å². The Morgan fingerprint density at radius 1 is 0.714 bits per heavy atom. The predicted molar refractivity (Wildman–Crippen MR) is 125 cm³/mol. The molecular formula is C26H28Br2. The van der Waals surface area contributed by atoms with Crippen molar-refractivity contribution in [1.29, 1.82) is 0 Å². The lowest BCUT2D eigenvalue weighted by Gasteiger charge is -2.53. The summed E-state index contributed by atoms with van der Waals surface area (Å²) in [5.74, 6) is 1.36. The molecule has 3 unspecified atom stereocenters. The second-order valence-electron chi connectivity index (χ2n) is 9.05. The zero-order valence-electron chi connectivity index (χ0n) is 16.4. The van der Waals surface area contributed by atoms with Crippen molar-refractivity contribution in [3.63, 3.8) is 0 Å².